The Kier molecular flexibility index (Phi) is 3.51. The number of nitrogens with zero attached hydrogens (tertiary/aromatic N) is 1. The summed E-state index contributed by atoms with van der Waals surface area (Å²) in [4.78, 5) is 8.70. The van der Waals surface area contributed by atoms with Crippen LogP contribution in [0.4, 0.5) is 5.95 Å². The molecule has 4 heteroatoms. The van der Waals surface area contributed by atoms with Gasteiger partial charge in [-0.05, 0) is 23.4 Å². The monoisotopic (exact) mass is 233 g/mol. The molecule has 0 amide bonds. The molecular weight excluding hydrogens is 218 g/mol. The maximum atomic E-state index is 4.20. The highest BCUT2D eigenvalue weighted by Crippen LogP contribution is 2.23. The second-order valence-electron chi connectivity index (χ2n) is 3.35. The molecule has 3 nitrogen and oxygen atoms in total. The van der Waals surface area contributed by atoms with Crippen molar-refractivity contribution in [3.05, 3.63) is 30.5 Å². The summed E-state index contributed by atoms with van der Waals surface area (Å²) in [7, 11) is 1.85. The topological polar surface area (TPSA) is 40.7 Å². The zero-order chi connectivity index (χ0) is 11.4. The largest absolute Gasteiger partial charge is 0.359 e. The van der Waals surface area contributed by atoms with E-state index in [0.29, 0.717) is 0 Å². The van der Waals surface area contributed by atoms with Crippen LogP contribution in [-0.2, 0) is 0 Å². The van der Waals surface area contributed by atoms with Gasteiger partial charge in [0, 0.05) is 11.9 Å². The quantitative estimate of drug-likeness (QED) is 0.797. The van der Waals surface area contributed by atoms with Gasteiger partial charge in [0.2, 0.25) is 0 Å². The molecule has 0 atom stereocenters. The van der Waals surface area contributed by atoms with Crippen molar-refractivity contribution in [2.75, 3.05) is 18.1 Å². The Hall–Kier alpha value is -1.42. The lowest BCUT2D eigenvalue weighted by Crippen LogP contribution is -1.88. The Labute approximate surface area is 99.7 Å². The van der Waals surface area contributed by atoms with Crippen LogP contribution in [-0.4, -0.2) is 22.8 Å². The van der Waals surface area contributed by atoms with E-state index in [-0.39, 0.29) is 0 Å². The van der Waals surface area contributed by atoms with E-state index in [9.17, 15) is 0 Å². The molecule has 0 saturated carbocycles. The van der Waals surface area contributed by atoms with E-state index in [1.165, 1.54) is 4.90 Å². The van der Waals surface area contributed by atoms with Gasteiger partial charge >= 0.3 is 0 Å². The number of H-pyrrole nitrogens is 1. The average molecular weight is 233 g/mol. The van der Waals surface area contributed by atoms with Crippen molar-refractivity contribution in [3.63, 3.8) is 0 Å². The molecule has 0 radical (unpaired) electrons. The van der Waals surface area contributed by atoms with E-state index in [1.807, 2.05) is 25.0 Å². The second-order valence-corrected chi connectivity index (χ2v) is 4.69. The lowest BCUT2D eigenvalue weighted by Gasteiger charge is -2.00. The first kappa shape index (κ1) is 11.1. The van der Waals surface area contributed by atoms with Crippen LogP contribution in [0.15, 0.2) is 35.4 Å². The standard InChI is InChI=1S/C12H15N3S/c1-3-16-10-6-4-9(5-7-10)11-8-14-12(13-2)15-11/h4-8H,3H2,1-2H3,(H2,13,14,15). The van der Waals surface area contributed by atoms with E-state index in [1.54, 1.807) is 0 Å². The predicted octanol–water partition coefficient (Wildman–Crippen LogP) is 3.23. The van der Waals surface area contributed by atoms with E-state index in [4.69, 9.17) is 0 Å². The van der Waals surface area contributed by atoms with E-state index < -0.39 is 0 Å². The van der Waals surface area contributed by atoms with Gasteiger partial charge in [0.25, 0.3) is 0 Å². The molecule has 2 N–H and O–H groups in total. The molecule has 0 aliphatic rings. The maximum absolute atomic E-state index is 4.20. The minimum absolute atomic E-state index is 0.794. The third-order valence-electron chi connectivity index (χ3n) is 2.29. The molecule has 1 aromatic carbocycles. The first-order chi connectivity index (χ1) is 7.83. The summed E-state index contributed by atoms with van der Waals surface area (Å²) in [6, 6.07) is 8.52. The minimum atomic E-state index is 0.794. The van der Waals surface area contributed by atoms with Crippen molar-refractivity contribution < 1.29 is 0 Å². The summed E-state index contributed by atoms with van der Waals surface area (Å²) >= 11 is 1.85. The number of aromatic nitrogens is 2. The van der Waals surface area contributed by atoms with E-state index >= 15 is 0 Å². The third-order valence-corrected chi connectivity index (χ3v) is 3.18. The normalized spacial score (nSPS) is 10.4. The van der Waals surface area contributed by atoms with Gasteiger partial charge in [0.05, 0.1) is 11.9 Å². The molecule has 1 heterocycles. The van der Waals surface area contributed by atoms with Gasteiger partial charge in [-0.2, -0.15) is 0 Å². The Morgan fingerprint density at radius 3 is 2.62 bits per heavy atom. The highest BCUT2D eigenvalue weighted by molar-refractivity contribution is 7.99. The average Bonchev–Trinajstić information content (AvgIpc) is 2.79. The summed E-state index contributed by atoms with van der Waals surface area (Å²) in [5, 5.41) is 2.98. The Bertz CT molecular complexity index is 448. The van der Waals surface area contributed by atoms with Gasteiger partial charge in [0.1, 0.15) is 0 Å². The van der Waals surface area contributed by atoms with Crippen LogP contribution in [0, 0.1) is 0 Å². The molecule has 0 unspecified atom stereocenters. The zero-order valence-electron chi connectivity index (χ0n) is 9.45. The van der Waals surface area contributed by atoms with Gasteiger partial charge in [-0.25, -0.2) is 4.98 Å². The first-order valence-corrected chi connectivity index (χ1v) is 6.28. The van der Waals surface area contributed by atoms with Crippen molar-refractivity contribution in [3.8, 4) is 11.3 Å². The van der Waals surface area contributed by atoms with Crippen LogP contribution < -0.4 is 5.32 Å². The van der Waals surface area contributed by atoms with E-state index in [0.717, 1.165) is 23.0 Å². The molecule has 0 aliphatic heterocycles. The second kappa shape index (κ2) is 5.07. The van der Waals surface area contributed by atoms with Crippen LogP contribution in [0.3, 0.4) is 0 Å². The number of benzene rings is 1. The smallest absolute Gasteiger partial charge is 0.200 e. The number of rotatable bonds is 4. The zero-order valence-corrected chi connectivity index (χ0v) is 10.3. The van der Waals surface area contributed by atoms with Gasteiger partial charge in [0.15, 0.2) is 5.95 Å². The lowest BCUT2D eigenvalue weighted by molar-refractivity contribution is 1.26. The number of imidazole rings is 1. The molecule has 0 aliphatic carbocycles. The SMILES string of the molecule is CCSc1ccc(-c2cnc(NC)[nH]2)cc1. The highest BCUT2D eigenvalue weighted by Gasteiger charge is 2.01. The number of nitrogens with one attached hydrogen (secondary N) is 2. The number of anilines is 1. The molecule has 84 valence electrons. The third kappa shape index (κ3) is 2.39. The molecule has 2 aromatic rings. The molecule has 16 heavy (non-hydrogen) atoms. The summed E-state index contributed by atoms with van der Waals surface area (Å²) in [6.45, 7) is 2.16. The molecule has 0 bridgehead atoms. The number of aromatic amines is 1. The lowest BCUT2D eigenvalue weighted by atomic mass is 10.2. The van der Waals surface area contributed by atoms with Gasteiger partial charge < -0.3 is 10.3 Å². The first-order valence-electron chi connectivity index (χ1n) is 5.29. The Morgan fingerprint density at radius 2 is 2.06 bits per heavy atom. The number of hydrogen-bond donors (Lipinski definition) is 2. The molecule has 0 spiro atoms. The summed E-state index contributed by atoms with van der Waals surface area (Å²) in [5.41, 5.74) is 2.20. The predicted molar refractivity (Wildman–Crippen MR) is 70.0 cm³/mol. The fourth-order valence-corrected chi connectivity index (χ4v) is 2.15. The Balaban J connectivity index is 2.20. The Morgan fingerprint density at radius 1 is 1.31 bits per heavy atom. The fourth-order valence-electron chi connectivity index (χ4n) is 1.49. The van der Waals surface area contributed by atoms with Crippen molar-refractivity contribution in [2.24, 2.45) is 0 Å². The van der Waals surface area contributed by atoms with Crippen molar-refractivity contribution in [1.82, 2.24) is 9.97 Å². The molecule has 1 aromatic heterocycles. The van der Waals surface area contributed by atoms with Gasteiger partial charge in [-0.15, -0.1) is 11.8 Å². The summed E-state index contributed by atoms with van der Waals surface area (Å²) in [5.74, 6) is 1.90. The van der Waals surface area contributed by atoms with Crippen LogP contribution in [0.1, 0.15) is 6.92 Å². The number of hydrogen-bond acceptors (Lipinski definition) is 3. The van der Waals surface area contributed by atoms with Crippen LogP contribution >= 0.6 is 11.8 Å². The van der Waals surface area contributed by atoms with Crippen LogP contribution in [0.25, 0.3) is 11.3 Å². The van der Waals surface area contributed by atoms with Crippen molar-refractivity contribution in [2.45, 2.75) is 11.8 Å². The van der Waals surface area contributed by atoms with Gasteiger partial charge in [-0.3, -0.25) is 0 Å². The molecule has 2 rings (SSSR count). The molecule has 0 fully saturated rings. The van der Waals surface area contributed by atoms with Gasteiger partial charge in [-0.1, -0.05) is 19.1 Å². The molecular formula is C12H15N3S. The van der Waals surface area contributed by atoms with Crippen molar-refractivity contribution in [1.29, 1.82) is 0 Å². The summed E-state index contributed by atoms with van der Waals surface area (Å²) in [6.07, 6.45) is 1.84. The maximum Gasteiger partial charge on any atom is 0.200 e. The number of thioether (sulfide) groups is 1. The summed E-state index contributed by atoms with van der Waals surface area (Å²) < 4.78 is 0. The highest BCUT2D eigenvalue weighted by atomic mass is 32.2. The fraction of sp³-hybridized carbons (Fsp3) is 0.250. The van der Waals surface area contributed by atoms with Crippen molar-refractivity contribution >= 4 is 17.7 Å². The van der Waals surface area contributed by atoms with Crippen LogP contribution in [0.5, 0.6) is 0 Å². The van der Waals surface area contributed by atoms with Crippen LogP contribution in [0.2, 0.25) is 0 Å². The minimum Gasteiger partial charge on any atom is -0.359 e. The molecule has 0 saturated heterocycles. The van der Waals surface area contributed by atoms with E-state index in [2.05, 4.69) is 46.5 Å².